The Hall–Kier alpha value is -2.11. The molecule has 0 saturated heterocycles. The van der Waals surface area contributed by atoms with Gasteiger partial charge < -0.3 is 0 Å². The van der Waals surface area contributed by atoms with Crippen molar-refractivity contribution in [1.82, 2.24) is 5.32 Å². The first-order valence-corrected chi connectivity index (χ1v) is 7.54. The first-order valence-electron chi connectivity index (χ1n) is 7.54. The average molecular weight is 276 g/mol. The van der Waals surface area contributed by atoms with Crippen molar-refractivity contribution >= 4 is 0 Å². The summed E-state index contributed by atoms with van der Waals surface area (Å²) in [5, 5.41) is 13.3. The maximum Gasteiger partial charge on any atom is 0.114 e. The summed E-state index contributed by atoms with van der Waals surface area (Å²) < 4.78 is 0. The van der Waals surface area contributed by atoms with E-state index >= 15 is 0 Å². The lowest BCUT2D eigenvalue weighted by molar-refractivity contribution is 0.188. The topological polar surface area (TPSA) is 35.8 Å². The van der Waals surface area contributed by atoms with Crippen LogP contribution in [0.3, 0.4) is 0 Å². The van der Waals surface area contributed by atoms with Crippen molar-refractivity contribution in [3.63, 3.8) is 0 Å². The van der Waals surface area contributed by atoms with Gasteiger partial charge in [0, 0.05) is 12.0 Å². The van der Waals surface area contributed by atoms with E-state index < -0.39 is 5.54 Å². The minimum atomic E-state index is -0.434. The fourth-order valence-corrected chi connectivity index (χ4v) is 3.26. The number of nitriles is 1. The molecule has 3 atom stereocenters. The number of hydrogen-bond donors (Lipinski definition) is 1. The number of benzene rings is 2. The third-order valence-corrected chi connectivity index (χ3v) is 4.60. The molecule has 0 aliphatic heterocycles. The first-order chi connectivity index (χ1) is 10.2. The van der Waals surface area contributed by atoms with Gasteiger partial charge in [0.15, 0.2) is 0 Å². The van der Waals surface area contributed by atoms with Crippen molar-refractivity contribution in [2.24, 2.45) is 0 Å². The molecule has 106 valence electrons. The number of nitrogens with one attached hydrogen (secondary N) is 1. The van der Waals surface area contributed by atoms with Gasteiger partial charge in [-0.3, -0.25) is 5.32 Å². The van der Waals surface area contributed by atoms with Gasteiger partial charge in [0.2, 0.25) is 0 Å². The molecule has 0 heterocycles. The molecule has 0 unspecified atom stereocenters. The smallest absolute Gasteiger partial charge is 0.114 e. The van der Waals surface area contributed by atoms with E-state index in [0.29, 0.717) is 0 Å². The Labute approximate surface area is 126 Å². The van der Waals surface area contributed by atoms with E-state index in [1.165, 1.54) is 11.1 Å². The van der Waals surface area contributed by atoms with E-state index in [2.05, 4.69) is 54.7 Å². The second kappa shape index (κ2) is 5.71. The summed E-state index contributed by atoms with van der Waals surface area (Å²) in [4.78, 5) is 0. The van der Waals surface area contributed by atoms with Gasteiger partial charge in [-0.15, -0.1) is 0 Å². The zero-order chi connectivity index (χ0) is 14.7. The van der Waals surface area contributed by atoms with Crippen LogP contribution in [0.25, 0.3) is 0 Å². The van der Waals surface area contributed by atoms with Crippen molar-refractivity contribution in [3.05, 3.63) is 71.8 Å². The summed E-state index contributed by atoms with van der Waals surface area (Å²) in [6, 6.07) is 23.4. The molecule has 1 saturated carbocycles. The van der Waals surface area contributed by atoms with Gasteiger partial charge >= 0.3 is 0 Å². The predicted molar refractivity (Wildman–Crippen MR) is 84.8 cm³/mol. The van der Waals surface area contributed by atoms with Crippen LogP contribution in [0.15, 0.2) is 60.7 Å². The second-order valence-corrected chi connectivity index (χ2v) is 5.86. The summed E-state index contributed by atoms with van der Waals surface area (Å²) in [7, 11) is 0. The van der Waals surface area contributed by atoms with E-state index in [1.807, 2.05) is 24.3 Å². The van der Waals surface area contributed by atoms with Crippen LogP contribution in [-0.2, 0) is 0 Å². The minimum absolute atomic E-state index is 0.178. The molecule has 1 fully saturated rings. The zero-order valence-corrected chi connectivity index (χ0v) is 12.3. The van der Waals surface area contributed by atoms with Gasteiger partial charge in [0.05, 0.1) is 6.07 Å². The molecule has 2 heteroatoms. The lowest BCUT2D eigenvalue weighted by Gasteiger charge is -2.47. The van der Waals surface area contributed by atoms with Crippen LogP contribution in [-0.4, -0.2) is 5.54 Å². The number of hydrogen-bond acceptors (Lipinski definition) is 2. The summed E-state index contributed by atoms with van der Waals surface area (Å²) in [5.74, 6) is 0.287. The molecule has 2 nitrogen and oxygen atoms in total. The second-order valence-electron chi connectivity index (χ2n) is 5.86. The lowest BCUT2D eigenvalue weighted by Crippen LogP contribution is -2.56. The average Bonchev–Trinajstić information content (AvgIpc) is 2.53. The van der Waals surface area contributed by atoms with Crippen molar-refractivity contribution in [1.29, 1.82) is 5.26 Å². The standard InChI is InChI=1S/C19H20N2/c1-15(16-8-4-2-5-9-16)21-19(14-20)13-12-18(19)17-10-6-3-7-11-17/h2-11,15,18,21H,12-13H2,1H3/t15-,18+,19-/m0/s1. The van der Waals surface area contributed by atoms with Gasteiger partial charge in [0.1, 0.15) is 5.54 Å². The molecule has 2 aromatic carbocycles. The highest BCUT2D eigenvalue weighted by atomic mass is 15.0. The molecular weight excluding hydrogens is 256 g/mol. The van der Waals surface area contributed by atoms with Gasteiger partial charge in [-0.1, -0.05) is 60.7 Å². The summed E-state index contributed by atoms with van der Waals surface area (Å²) in [5.41, 5.74) is 2.06. The van der Waals surface area contributed by atoms with Crippen LogP contribution in [0.4, 0.5) is 0 Å². The van der Waals surface area contributed by atoms with Gasteiger partial charge in [0.25, 0.3) is 0 Å². The highest BCUT2D eigenvalue weighted by Crippen LogP contribution is 2.46. The Balaban J connectivity index is 1.81. The van der Waals surface area contributed by atoms with Gasteiger partial charge in [-0.2, -0.15) is 5.26 Å². The molecule has 0 spiro atoms. The third kappa shape index (κ3) is 2.57. The van der Waals surface area contributed by atoms with Crippen LogP contribution in [0, 0.1) is 11.3 Å². The van der Waals surface area contributed by atoms with E-state index in [1.54, 1.807) is 0 Å². The minimum Gasteiger partial charge on any atom is -0.292 e. The quantitative estimate of drug-likeness (QED) is 0.909. The highest BCUT2D eigenvalue weighted by Gasteiger charge is 2.48. The molecule has 0 amide bonds. The Bertz CT molecular complexity index is 630. The van der Waals surface area contributed by atoms with Crippen LogP contribution in [0.2, 0.25) is 0 Å². The van der Waals surface area contributed by atoms with Crippen molar-refractivity contribution < 1.29 is 0 Å². The molecule has 3 rings (SSSR count). The van der Waals surface area contributed by atoms with Crippen LogP contribution in [0.1, 0.15) is 42.9 Å². The van der Waals surface area contributed by atoms with Crippen molar-refractivity contribution in [3.8, 4) is 6.07 Å². The normalized spacial score (nSPS) is 25.6. The van der Waals surface area contributed by atoms with Crippen molar-refractivity contribution in [2.45, 2.75) is 37.3 Å². The summed E-state index contributed by atoms with van der Waals surface area (Å²) in [6.45, 7) is 2.13. The molecule has 2 aromatic rings. The lowest BCUT2D eigenvalue weighted by atomic mass is 9.64. The van der Waals surface area contributed by atoms with Crippen LogP contribution in [0.5, 0.6) is 0 Å². The fourth-order valence-electron chi connectivity index (χ4n) is 3.26. The Morgan fingerprint density at radius 2 is 1.71 bits per heavy atom. The van der Waals surface area contributed by atoms with Crippen LogP contribution < -0.4 is 5.32 Å². The molecule has 1 N–H and O–H groups in total. The molecular formula is C19H20N2. The van der Waals surface area contributed by atoms with Crippen molar-refractivity contribution in [2.75, 3.05) is 0 Å². The fraction of sp³-hybridized carbons (Fsp3) is 0.316. The predicted octanol–water partition coefficient (Wildman–Crippen LogP) is 4.18. The third-order valence-electron chi connectivity index (χ3n) is 4.60. The maximum absolute atomic E-state index is 9.75. The summed E-state index contributed by atoms with van der Waals surface area (Å²) in [6.07, 6.45) is 1.99. The molecule has 1 aliphatic rings. The first kappa shape index (κ1) is 13.9. The van der Waals surface area contributed by atoms with E-state index in [-0.39, 0.29) is 12.0 Å². The van der Waals surface area contributed by atoms with Crippen LogP contribution >= 0.6 is 0 Å². The monoisotopic (exact) mass is 276 g/mol. The Morgan fingerprint density at radius 3 is 2.24 bits per heavy atom. The SMILES string of the molecule is C[C@H](N[C@]1(C#N)CC[C@@H]1c1ccccc1)c1ccccc1. The molecule has 0 bridgehead atoms. The highest BCUT2D eigenvalue weighted by molar-refractivity contribution is 5.34. The van der Waals surface area contributed by atoms with E-state index in [4.69, 9.17) is 0 Å². The molecule has 1 aliphatic carbocycles. The number of rotatable bonds is 4. The largest absolute Gasteiger partial charge is 0.292 e. The number of nitrogens with zero attached hydrogens (tertiary/aromatic N) is 1. The molecule has 21 heavy (non-hydrogen) atoms. The van der Waals surface area contributed by atoms with E-state index in [9.17, 15) is 5.26 Å². The maximum atomic E-state index is 9.75. The Kier molecular flexibility index (Phi) is 3.77. The van der Waals surface area contributed by atoms with E-state index in [0.717, 1.165) is 12.8 Å². The zero-order valence-electron chi connectivity index (χ0n) is 12.3. The summed E-state index contributed by atoms with van der Waals surface area (Å²) >= 11 is 0. The van der Waals surface area contributed by atoms with Gasteiger partial charge in [-0.05, 0) is 30.9 Å². The van der Waals surface area contributed by atoms with Gasteiger partial charge in [-0.25, -0.2) is 0 Å². The Morgan fingerprint density at radius 1 is 1.10 bits per heavy atom. The molecule has 0 radical (unpaired) electrons. The molecule has 0 aromatic heterocycles.